The van der Waals surface area contributed by atoms with Crippen LogP contribution in [0, 0.1) is 6.92 Å². The van der Waals surface area contributed by atoms with E-state index in [0.717, 1.165) is 35.3 Å². The van der Waals surface area contributed by atoms with Crippen LogP contribution < -0.4 is 4.74 Å². The van der Waals surface area contributed by atoms with E-state index in [1.165, 1.54) is 0 Å². The van der Waals surface area contributed by atoms with E-state index in [2.05, 4.69) is 17.1 Å². The maximum Gasteiger partial charge on any atom is 0.273 e. The minimum absolute atomic E-state index is 0.0700. The second-order valence-corrected chi connectivity index (χ2v) is 9.13. The first kappa shape index (κ1) is 23.0. The van der Waals surface area contributed by atoms with Crippen molar-refractivity contribution in [2.75, 3.05) is 6.54 Å². The molecule has 5 rings (SSSR count). The number of H-pyrrole nitrogens is 1. The van der Waals surface area contributed by atoms with Gasteiger partial charge in [0.15, 0.2) is 0 Å². The number of aromatic amines is 1. The molecule has 3 aromatic carbocycles. The minimum Gasteiger partial charge on any atom is -0.507 e. The number of phenols is 1. The molecule has 0 fully saturated rings. The number of hydrogen-bond donors (Lipinski definition) is 2. The number of amides is 1. The molecule has 0 radical (unpaired) electrons. The average molecular weight is 488 g/mol. The number of benzene rings is 3. The molecule has 1 atom stereocenters. The number of para-hydroxylation sites is 1. The van der Waals surface area contributed by atoms with E-state index in [4.69, 9.17) is 16.3 Å². The summed E-state index contributed by atoms with van der Waals surface area (Å²) in [4.78, 5) is 15.3. The Morgan fingerprint density at radius 1 is 1.09 bits per heavy atom. The first-order chi connectivity index (χ1) is 17.0. The van der Waals surface area contributed by atoms with Crippen molar-refractivity contribution in [2.24, 2.45) is 0 Å². The molecular weight excluding hydrogens is 462 g/mol. The van der Waals surface area contributed by atoms with Gasteiger partial charge in [0.25, 0.3) is 5.91 Å². The fourth-order valence-corrected chi connectivity index (χ4v) is 4.70. The van der Waals surface area contributed by atoms with Crippen molar-refractivity contribution in [1.29, 1.82) is 0 Å². The second kappa shape index (κ2) is 9.47. The number of aryl methyl sites for hydroxylation is 1. The molecule has 35 heavy (non-hydrogen) atoms. The normalized spacial score (nSPS) is 14.9. The summed E-state index contributed by atoms with van der Waals surface area (Å²) in [7, 11) is 0. The molecule has 7 heteroatoms. The Kier molecular flexibility index (Phi) is 6.22. The van der Waals surface area contributed by atoms with Gasteiger partial charge < -0.3 is 14.7 Å². The highest BCUT2D eigenvalue weighted by molar-refractivity contribution is 6.31. The number of aromatic nitrogens is 2. The Bertz CT molecular complexity index is 1380. The number of carbonyl (C=O) groups excluding carboxylic acids is 1. The van der Waals surface area contributed by atoms with Crippen LogP contribution in [-0.2, 0) is 0 Å². The van der Waals surface area contributed by atoms with Crippen LogP contribution >= 0.6 is 11.6 Å². The van der Waals surface area contributed by atoms with Crippen LogP contribution in [0.4, 0.5) is 0 Å². The highest BCUT2D eigenvalue weighted by Crippen LogP contribution is 2.46. The zero-order valence-corrected chi connectivity index (χ0v) is 20.3. The van der Waals surface area contributed by atoms with Crippen LogP contribution in [0.25, 0.3) is 11.3 Å². The number of carbonyl (C=O) groups is 1. The van der Waals surface area contributed by atoms with Gasteiger partial charge in [0.1, 0.15) is 28.6 Å². The summed E-state index contributed by atoms with van der Waals surface area (Å²) in [5.74, 6) is 1.38. The highest BCUT2D eigenvalue weighted by Gasteiger charge is 2.42. The van der Waals surface area contributed by atoms with Crippen LogP contribution in [0.5, 0.6) is 17.2 Å². The fraction of sp³-hybridized carbons (Fsp3) is 0.214. The maximum atomic E-state index is 13.4. The molecule has 6 nitrogen and oxygen atoms in total. The standard InChI is InChI=1S/C28H26ClN3O3/c1-3-4-13-32-27(18-9-8-12-20(15-18)35-19-10-6-5-7-11-19)24-25(30-31-26(24)28(32)34)21-16-22(29)17(2)14-23(21)33/h5-12,14-16,27,33H,3-4,13H2,1-2H3,(H,30,31). The van der Waals surface area contributed by atoms with Crippen LogP contribution in [-0.4, -0.2) is 32.7 Å². The number of nitrogens with one attached hydrogen (secondary N) is 1. The molecule has 2 heterocycles. The van der Waals surface area contributed by atoms with Crippen molar-refractivity contribution in [3.63, 3.8) is 0 Å². The summed E-state index contributed by atoms with van der Waals surface area (Å²) in [5, 5.41) is 18.6. The first-order valence-electron chi connectivity index (χ1n) is 11.7. The fourth-order valence-electron chi connectivity index (χ4n) is 4.54. The van der Waals surface area contributed by atoms with Gasteiger partial charge in [-0.25, -0.2) is 0 Å². The van der Waals surface area contributed by atoms with Crippen LogP contribution in [0.1, 0.15) is 53.0 Å². The predicted molar refractivity (Wildman–Crippen MR) is 136 cm³/mol. The first-order valence-corrected chi connectivity index (χ1v) is 12.1. The zero-order chi connectivity index (χ0) is 24.5. The van der Waals surface area contributed by atoms with E-state index < -0.39 is 0 Å². The second-order valence-electron chi connectivity index (χ2n) is 8.72. The number of nitrogens with zero attached hydrogens (tertiary/aromatic N) is 2. The summed E-state index contributed by atoms with van der Waals surface area (Å²) in [6.07, 6.45) is 1.83. The minimum atomic E-state index is -0.378. The summed E-state index contributed by atoms with van der Waals surface area (Å²) < 4.78 is 6.07. The smallest absolute Gasteiger partial charge is 0.273 e. The molecule has 4 aromatic rings. The Morgan fingerprint density at radius 2 is 1.86 bits per heavy atom. The summed E-state index contributed by atoms with van der Waals surface area (Å²) in [5.41, 5.74) is 3.85. The van der Waals surface area contributed by atoms with Gasteiger partial charge in [-0.05, 0) is 60.9 Å². The number of unbranched alkanes of at least 4 members (excludes halogenated alkanes) is 1. The number of aromatic hydroxyl groups is 1. The van der Waals surface area contributed by atoms with E-state index >= 15 is 0 Å². The van der Waals surface area contributed by atoms with E-state index in [-0.39, 0.29) is 17.7 Å². The topological polar surface area (TPSA) is 78.5 Å². The predicted octanol–water partition coefficient (Wildman–Crippen LogP) is 6.88. The molecule has 1 aromatic heterocycles. The Hall–Kier alpha value is -3.77. The maximum absolute atomic E-state index is 13.4. The molecule has 1 aliphatic rings. The van der Waals surface area contributed by atoms with Crippen molar-refractivity contribution in [2.45, 2.75) is 32.7 Å². The Labute approximate surface area is 209 Å². The van der Waals surface area contributed by atoms with E-state index in [1.54, 1.807) is 12.1 Å². The largest absolute Gasteiger partial charge is 0.507 e. The molecule has 0 spiro atoms. The van der Waals surface area contributed by atoms with Crippen LogP contribution in [0.15, 0.2) is 66.7 Å². The van der Waals surface area contributed by atoms with Crippen LogP contribution in [0.3, 0.4) is 0 Å². The van der Waals surface area contributed by atoms with Crippen LogP contribution in [0.2, 0.25) is 5.02 Å². The molecule has 1 amide bonds. The average Bonchev–Trinajstić information content (AvgIpc) is 3.39. The number of fused-ring (bicyclic) bond motifs is 1. The Morgan fingerprint density at radius 3 is 2.63 bits per heavy atom. The third kappa shape index (κ3) is 4.26. The SMILES string of the molecule is CCCCN1C(=O)c2[nH]nc(-c3cc(Cl)c(C)cc3O)c2C1c1cccc(Oc2ccccc2)c1. The monoisotopic (exact) mass is 487 g/mol. The van der Waals surface area contributed by atoms with Crippen molar-refractivity contribution in [3.8, 4) is 28.5 Å². The van der Waals surface area contributed by atoms with Crippen molar-refractivity contribution in [1.82, 2.24) is 15.1 Å². The number of hydrogen-bond acceptors (Lipinski definition) is 4. The molecule has 178 valence electrons. The molecule has 0 aliphatic carbocycles. The third-order valence-electron chi connectivity index (χ3n) is 6.30. The van der Waals surface area contributed by atoms with E-state index in [0.29, 0.717) is 34.3 Å². The number of halogens is 1. The van der Waals surface area contributed by atoms with Gasteiger partial charge in [-0.15, -0.1) is 0 Å². The number of ether oxygens (including phenoxy) is 1. The van der Waals surface area contributed by atoms with Gasteiger partial charge in [0.2, 0.25) is 0 Å². The lowest BCUT2D eigenvalue weighted by atomic mass is 9.95. The van der Waals surface area contributed by atoms with E-state index in [9.17, 15) is 9.90 Å². The molecule has 1 unspecified atom stereocenters. The lowest BCUT2D eigenvalue weighted by Gasteiger charge is -2.26. The van der Waals surface area contributed by atoms with Gasteiger partial charge in [0.05, 0.1) is 6.04 Å². The van der Waals surface area contributed by atoms with Crippen molar-refractivity contribution >= 4 is 17.5 Å². The van der Waals surface area contributed by atoms with E-state index in [1.807, 2.05) is 66.4 Å². The molecule has 2 N–H and O–H groups in total. The molecule has 0 saturated heterocycles. The molecule has 1 aliphatic heterocycles. The summed E-state index contributed by atoms with van der Waals surface area (Å²) in [6.45, 7) is 4.53. The van der Waals surface area contributed by atoms with Gasteiger partial charge in [-0.1, -0.05) is 55.3 Å². The van der Waals surface area contributed by atoms with Gasteiger partial charge in [-0.3, -0.25) is 9.89 Å². The molecule has 0 saturated carbocycles. The third-order valence-corrected chi connectivity index (χ3v) is 6.71. The van der Waals surface area contributed by atoms with Crippen molar-refractivity contribution < 1.29 is 14.6 Å². The van der Waals surface area contributed by atoms with Crippen molar-refractivity contribution in [3.05, 3.63) is 94.1 Å². The summed E-state index contributed by atoms with van der Waals surface area (Å²) in [6, 6.07) is 20.3. The number of rotatable bonds is 7. The quantitative estimate of drug-likeness (QED) is 0.298. The molecular formula is C28H26ClN3O3. The zero-order valence-electron chi connectivity index (χ0n) is 19.6. The highest BCUT2D eigenvalue weighted by atomic mass is 35.5. The van der Waals surface area contributed by atoms with Gasteiger partial charge >= 0.3 is 0 Å². The summed E-state index contributed by atoms with van der Waals surface area (Å²) >= 11 is 6.39. The lowest BCUT2D eigenvalue weighted by Crippen LogP contribution is -2.30. The van der Waals surface area contributed by atoms with Gasteiger partial charge in [0, 0.05) is 22.7 Å². The Balaban J connectivity index is 1.62. The number of phenolic OH excluding ortho intramolecular Hbond substituents is 1. The molecule has 0 bridgehead atoms. The lowest BCUT2D eigenvalue weighted by molar-refractivity contribution is 0.0741. The van der Waals surface area contributed by atoms with Gasteiger partial charge in [-0.2, -0.15) is 5.10 Å².